The lowest BCUT2D eigenvalue weighted by molar-refractivity contribution is 0.383. The lowest BCUT2D eigenvalue weighted by atomic mass is 10.1. The average Bonchev–Trinajstić information content (AvgIpc) is 2.67. The van der Waals surface area contributed by atoms with E-state index in [2.05, 4.69) is 5.32 Å². The van der Waals surface area contributed by atoms with Crippen LogP contribution >= 0.6 is 24.0 Å². The molecule has 1 aromatic carbocycles. The molecule has 7 heteroatoms. The van der Waals surface area contributed by atoms with Gasteiger partial charge < -0.3 is 5.32 Å². The molecule has 21 heavy (non-hydrogen) atoms. The molecule has 118 valence electrons. The van der Waals surface area contributed by atoms with E-state index in [9.17, 15) is 8.42 Å². The predicted octanol–water partition coefficient (Wildman–Crippen LogP) is 2.59. The zero-order chi connectivity index (χ0) is 14.3. The summed E-state index contributed by atoms with van der Waals surface area (Å²) in [4.78, 5) is 0.375. The number of fused-ring (bicyclic) bond motifs is 2. The molecule has 0 spiro atoms. The van der Waals surface area contributed by atoms with Crippen LogP contribution in [0.25, 0.3) is 0 Å². The van der Waals surface area contributed by atoms with Gasteiger partial charge in [-0.2, -0.15) is 4.31 Å². The molecule has 2 fully saturated rings. The molecule has 2 aliphatic heterocycles. The molecule has 4 nitrogen and oxygen atoms in total. The summed E-state index contributed by atoms with van der Waals surface area (Å²) in [6.07, 6.45) is 3.12. The first-order chi connectivity index (χ1) is 9.46. The van der Waals surface area contributed by atoms with Gasteiger partial charge in [-0.1, -0.05) is 11.6 Å². The number of hydrogen-bond acceptors (Lipinski definition) is 3. The average molecular weight is 351 g/mol. The summed E-state index contributed by atoms with van der Waals surface area (Å²) in [7, 11) is -3.42. The lowest BCUT2D eigenvalue weighted by Crippen LogP contribution is -2.39. The maximum Gasteiger partial charge on any atom is 0.243 e. The van der Waals surface area contributed by atoms with Crippen molar-refractivity contribution in [2.75, 3.05) is 13.1 Å². The quantitative estimate of drug-likeness (QED) is 0.891. The van der Waals surface area contributed by atoms with Gasteiger partial charge in [0, 0.05) is 30.2 Å². The molecule has 0 aliphatic carbocycles. The number of aryl methyl sites for hydroxylation is 1. The predicted molar refractivity (Wildman–Crippen MR) is 86.8 cm³/mol. The SMILES string of the molecule is Cc1cc(Cl)ccc1S(=O)(=O)N1CCC2CCC(C1)N2.Cl. The summed E-state index contributed by atoms with van der Waals surface area (Å²) in [6, 6.07) is 5.74. The van der Waals surface area contributed by atoms with Crippen LogP contribution in [0.2, 0.25) is 5.02 Å². The zero-order valence-corrected chi connectivity index (χ0v) is 14.3. The highest BCUT2D eigenvalue weighted by atomic mass is 35.5. The van der Waals surface area contributed by atoms with Crippen molar-refractivity contribution in [2.45, 2.75) is 43.2 Å². The van der Waals surface area contributed by atoms with Crippen LogP contribution < -0.4 is 5.32 Å². The van der Waals surface area contributed by atoms with Gasteiger partial charge in [-0.15, -0.1) is 12.4 Å². The Hall–Kier alpha value is -0.330. The Morgan fingerprint density at radius 3 is 2.67 bits per heavy atom. The zero-order valence-electron chi connectivity index (χ0n) is 11.9. The van der Waals surface area contributed by atoms with Gasteiger partial charge in [0.25, 0.3) is 0 Å². The van der Waals surface area contributed by atoms with Crippen molar-refractivity contribution >= 4 is 34.0 Å². The molecule has 2 aliphatic rings. The van der Waals surface area contributed by atoms with E-state index < -0.39 is 10.0 Å². The summed E-state index contributed by atoms with van der Waals surface area (Å²) >= 11 is 5.91. The van der Waals surface area contributed by atoms with Crippen molar-refractivity contribution in [3.05, 3.63) is 28.8 Å². The normalized spacial score (nSPS) is 26.2. The van der Waals surface area contributed by atoms with Crippen molar-refractivity contribution in [1.29, 1.82) is 0 Å². The fourth-order valence-corrected chi connectivity index (χ4v) is 5.10. The highest BCUT2D eigenvalue weighted by Crippen LogP contribution is 2.27. The van der Waals surface area contributed by atoms with E-state index in [4.69, 9.17) is 11.6 Å². The Morgan fingerprint density at radius 2 is 1.95 bits per heavy atom. The highest BCUT2D eigenvalue weighted by molar-refractivity contribution is 7.89. The molecular weight excluding hydrogens is 331 g/mol. The van der Waals surface area contributed by atoms with Crippen LogP contribution in [0.5, 0.6) is 0 Å². The first kappa shape index (κ1) is 17.0. The third-order valence-corrected chi connectivity index (χ3v) is 6.50. The van der Waals surface area contributed by atoms with E-state index in [1.165, 1.54) is 6.42 Å². The molecule has 0 aromatic heterocycles. The van der Waals surface area contributed by atoms with Gasteiger partial charge in [-0.05, 0) is 49.9 Å². The second-order valence-corrected chi connectivity index (χ2v) is 8.04. The summed E-state index contributed by atoms with van der Waals surface area (Å²) in [5.74, 6) is 0. The molecule has 2 unspecified atom stereocenters. The van der Waals surface area contributed by atoms with E-state index in [1.807, 2.05) is 0 Å². The first-order valence-electron chi connectivity index (χ1n) is 6.99. The molecule has 3 rings (SSSR count). The summed E-state index contributed by atoms with van der Waals surface area (Å²) < 4.78 is 27.2. The van der Waals surface area contributed by atoms with Crippen LogP contribution in [0.3, 0.4) is 0 Å². The minimum atomic E-state index is -3.42. The first-order valence-corrected chi connectivity index (χ1v) is 8.81. The molecule has 0 amide bonds. The Morgan fingerprint density at radius 1 is 1.24 bits per heavy atom. The van der Waals surface area contributed by atoms with Gasteiger partial charge in [0.05, 0.1) is 4.90 Å². The number of benzene rings is 1. The monoisotopic (exact) mass is 350 g/mol. The molecule has 0 radical (unpaired) electrons. The van der Waals surface area contributed by atoms with Gasteiger partial charge in [0.1, 0.15) is 0 Å². The van der Waals surface area contributed by atoms with E-state index in [0.29, 0.717) is 40.7 Å². The minimum absolute atomic E-state index is 0. The molecule has 1 aromatic rings. The van der Waals surface area contributed by atoms with Gasteiger partial charge in [0.15, 0.2) is 0 Å². The number of hydrogen-bond donors (Lipinski definition) is 1. The van der Waals surface area contributed by atoms with Crippen molar-refractivity contribution < 1.29 is 8.42 Å². The van der Waals surface area contributed by atoms with Crippen LogP contribution in [0, 0.1) is 6.92 Å². The Labute approximate surface area is 137 Å². The van der Waals surface area contributed by atoms with Crippen molar-refractivity contribution in [2.24, 2.45) is 0 Å². The van der Waals surface area contributed by atoms with Gasteiger partial charge in [-0.25, -0.2) is 8.42 Å². The number of nitrogens with zero attached hydrogens (tertiary/aromatic N) is 1. The molecular formula is C14H20Cl2N2O2S. The van der Waals surface area contributed by atoms with Crippen molar-refractivity contribution in [1.82, 2.24) is 9.62 Å². The van der Waals surface area contributed by atoms with Gasteiger partial charge >= 0.3 is 0 Å². The molecule has 1 N–H and O–H groups in total. The van der Waals surface area contributed by atoms with E-state index in [-0.39, 0.29) is 12.4 Å². The number of halogens is 2. The lowest BCUT2D eigenvalue weighted by Gasteiger charge is -2.24. The van der Waals surface area contributed by atoms with Gasteiger partial charge in [0.2, 0.25) is 10.0 Å². The van der Waals surface area contributed by atoms with Crippen LogP contribution in [-0.2, 0) is 10.0 Å². The van der Waals surface area contributed by atoms with E-state index in [1.54, 1.807) is 29.4 Å². The third-order valence-electron chi connectivity index (χ3n) is 4.24. The highest BCUT2D eigenvalue weighted by Gasteiger charge is 2.35. The van der Waals surface area contributed by atoms with Gasteiger partial charge in [-0.3, -0.25) is 0 Å². The van der Waals surface area contributed by atoms with Crippen LogP contribution in [0.15, 0.2) is 23.1 Å². The summed E-state index contributed by atoms with van der Waals surface area (Å²) in [6.45, 7) is 2.96. The number of nitrogens with one attached hydrogen (secondary N) is 1. The Kier molecular flexibility index (Phi) is 5.21. The summed E-state index contributed by atoms with van der Waals surface area (Å²) in [5, 5.41) is 4.07. The standard InChI is InChI=1S/C14H19ClN2O2S.ClH/c1-10-8-11(15)2-5-14(10)20(18,19)17-7-6-12-3-4-13(9-17)16-12;/h2,5,8,12-13,16H,3-4,6-7,9H2,1H3;1H. The number of sulfonamides is 1. The van der Waals surface area contributed by atoms with Crippen LogP contribution in [0.4, 0.5) is 0 Å². The largest absolute Gasteiger partial charge is 0.310 e. The molecule has 2 heterocycles. The van der Waals surface area contributed by atoms with Crippen molar-refractivity contribution in [3.8, 4) is 0 Å². The third kappa shape index (κ3) is 3.37. The maximum atomic E-state index is 12.8. The topological polar surface area (TPSA) is 49.4 Å². The second-order valence-electron chi connectivity index (χ2n) is 5.70. The van der Waals surface area contributed by atoms with E-state index >= 15 is 0 Å². The summed E-state index contributed by atoms with van der Waals surface area (Å²) in [5.41, 5.74) is 0.708. The van der Waals surface area contributed by atoms with Crippen LogP contribution in [-0.4, -0.2) is 37.9 Å². The molecule has 2 atom stereocenters. The molecule has 2 bridgehead atoms. The Bertz CT molecular complexity index is 621. The second kappa shape index (κ2) is 6.42. The van der Waals surface area contributed by atoms with E-state index in [0.717, 1.165) is 12.8 Å². The fourth-order valence-electron chi connectivity index (χ4n) is 3.17. The smallest absolute Gasteiger partial charge is 0.243 e. The fraction of sp³-hybridized carbons (Fsp3) is 0.571. The molecule has 2 saturated heterocycles. The Balaban J connectivity index is 0.00000161. The molecule has 0 saturated carbocycles. The van der Waals surface area contributed by atoms with Crippen molar-refractivity contribution in [3.63, 3.8) is 0 Å². The minimum Gasteiger partial charge on any atom is -0.310 e. The van der Waals surface area contributed by atoms with Crippen LogP contribution in [0.1, 0.15) is 24.8 Å². The maximum absolute atomic E-state index is 12.8. The number of rotatable bonds is 2.